The Balaban J connectivity index is 0. The van der Waals surface area contributed by atoms with Crippen LogP contribution < -0.4 is 20.4 Å². The van der Waals surface area contributed by atoms with Gasteiger partial charge in [0.15, 0.2) is 23.1 Å². The molecule has 0 saturated carbocycles. The molecule has 6 aromatic rings. The average Bonchev–Trinajstić information content (AvgIpc) is 3.43. The summed E-state index contributed by atoms with van der Waals surface area (Å²) in [6.45, 7) is 29.3. The maximum absolute atomic E-state index is 12.2. The Morgan fingerprint density at radius 3 is 0.610 bits per heavy atom. The van der Waals surface area contributed by atoms with E-state index in [0.29, 0.717) is 0 Å². The van der Waals surface area contributed by atoms with E-state index in [2.05, 4.69) is 47.6 Å². The third kappa shape index (κ3) is 31.8. The van der Waals surface area contributed by atoms with Crippen molar-refractivity contribution < 1.29 is 73.7 Å². The predicted molar refractivity (Wildman–Crippen MR) is 317 cm³/mol. The Morgan fingerprint density at radius 2 is 0.488 bits per heavy atom. The average molecular weight is 1210 g/mol. The van der Waals surface area contributed by atoms with Gasteiger partial charge in [-0.3, -0.25) is 39.1 Å². The number of rotatable bonds is 12. The minimum absolute atomic E-state index is 0. The Bertz CT molecular complexity index is 2560. The zero-order chi connectivity index (χ0) is 60.7. The molecule has 82 heavy (non-hydrogen) atoms. The molecule has 0 N–H and O–H groups in total. The van der Waals surface area contributed by atoms with E-state index in [1.807, 2.05) is 98.1 Å². The molecule has 0 atom stereocenters. The smallest absolute Gasteiger partial charge is 0.872 e. The molecule has 2 aromatic carbocycles. The summed E-state index contributed by atoms with van der Waals surface area (Å²) in [5, 5.41) is 48.8. The monoisotopic (exact) mass is 1210 g/mol. The predicted octanol–water partition coefficient (Wildman–Crippen LogP) is 11.2. The van der Waals surface area contributed by atoms with Gasteiger partial charge in [0.05, 0.1) is 0 Å². The van der Waals surface area contributed by atoms with Gasteiger partial charge < -0.3 is 20.4 Å². The van der Waals surface area contributed by atoms with E-state index in [-0.39, 0.29) is 79.5 Å². The Hall–Kier alpha value is -7.08. The number of nitrogens with zero attached hydrogens (tertiary/aromatic N) is 4. The molecule has 446 valence electrons. The quantitative estimate of drug-likeness (QED) is 0.0636. The van der Waals surface area contributed by atoms with Gasteiger partial charge >= 0.3 is 34.1 Å². The molecule has 0 amide bonds. The molecule has 0 fully saturated rings. The fraction of sp³-hybridized carbons (Fsp3) is 0.353. The van der Waals surface area contributed by atoms with Gasteiger partial charge in [-0.2, -0.15) is 0 Å². The molecule has 0 bridgehead atoms. The van der Waals surface area contributed by atoms with E-state index in [0.717, 1.165) is 50.0 Å². The topological polar surface area (TPSA) is 212 Å². The molecule has 0 aliphatic carbocycles. The zero-order valence-electron chi connectivity index (χ0n) is 50.7. The molecular formula is C68H84Cu2N4O8. The van der Waals surface area contributed by atoms with E-state index in [1.165, 1.54) is 58.7 Å². The molecule has 0 saturated heterocycles. The van der Waals surface area contributed by atoms with Crippen molar-refractivity contribution in [3.63, 3.8) is 0 Å². The number of ketones is 4. The molecule has 12 nitrogen and oxygen atoms in total. The summed E-state index contributed by atoms with van der Waals surface area (Å²) in [6.07, 6.45) is 23.1. The third-order valence-electron chi connectivity index (χ3n) is 11.5. The molecule has 0 unspecified atom stereocenters. The van der Waals surface area contributed by atoms with Crippen LogP contribution in [0.2, 0.25) is 0 Å². The van der Waals surface area contributed by atoms with Crippen LogP contribution >= 0.6 is 0 Å². The fourth-order valence-electron chi connectivity index (χ4n) is 5.80. The SMILES string of the molecule is CC(C)(C)C(=O)/C=C(\[O-])c1cccc(/C([O-])=C/C(=O)C(C)(C)C)c1.CC(C)(C)C(=O)/C=C(\[O-])c1cccc(/C([O-])=C/C(=O)C(C)(C)C)c1.CCc1ccncc1.CCc1ccncc1.CCc1ccncc1.CCc1ccncc1.[Cu+2].[Cu+2]. The van der Waals surface area contributed by atoms with Crippen LogP contribution in [0.1, 0.15) is 155 Å². The van der Waals surface area contributed by atoms with Crippen LogP contribution in [0.4, 0.5) is 0 Å². The number of benzene rings is 2. The molecular weight excluding hydrogens is 1130 g/mol. The number of hydrogen-bond acceptors (Lipinski definition) is 12. The Morgan fingerprint density at radius 1 is 0.329 bits per heavy atom. The number of carbonyl (C=O) groups is 4. The van der Waals surface area contributed by atoms with E-state index in [1.54, 1.807) is 95.2 Å². The van der Waals surface area contributed by atoms with Gasteiger partial charge in [0.25, 0.3) is 0 Å². The van der Waals surface area contributed by atoms with Crippen molar-refractivity contribution in [3.05, 3.63) is 215 Å². The maximum Gasteiger partial charge on any atom is 2.00 e. The first kappa shape index (κ1) is 77.0. The standard InChI is InChI=1S/2C20H26O4.4C7H9N.2Cu/c2*1-19(2,3)17(23)11-15(21)13-8-7-9-14(10-13)16(22)12-18(24)20(4,5)6;4*1-2-7-3-5-8-6-4-7;;/h2*7-12,21-22H,1-6H3;4*3-6H,2H2,1H3;;/q;;;;;;2*+2/p-4/b2*15-11-,16-12-;;;;;;. The summed E-state index contributed by atoms with van der Waals surface area (Å²) < 4.78 is 0. The molecule has 0 aliphatic heterocycles. The largest absolute Gasteiger partial charge is 2.00 e. The maximum atomic E-state index is 12.2. The van der Waals surface area contributed by atoms with Crippen molar-refractivity contribution in [3.8, 4) is 0 Å². The van der Waals surface area contributed by atoms with Crippen molar-refractivity contribution >= 4 is 46.2 Å². The molecule has 14 heteroatoms. The van der Waals surface area contributed by atoms with Gasteiger partial charge in [-0.1, -0.05) is 170 Å². The van der Waals surface area contributed by atoms with Gasteiger partial charge in [-0.25, -0.2) is 0 Å². The second kappa shape index (κ2) is 38.6. The van der Waals surface area contributed by atoms with Crippen LogP contribution in [0.25, 0.3) is 23.0 Å². The van der Waals surface area contributed by atoms with Crippen molar-refractivity contribution in [2.75, 3.05) is 0 Å². The van der Waals surface area contributed by atoms with Gasteiger partial charge in [-0.05, 0) is 155 Å². The molecule has 6 rings (SSSR count). The first-order chi connectivity index (χ1) is 37.4. The normalized spacial score (nSPS) is 11.6. The first-order valence-electron chi connectivity index (χ1n) is 26.9. The minimum atomic E-state index is -0.643. The van der Waals surface area contributed by atoms with Crippen LogP contribution in [-0.2, 0) is 79.0 Å². The minimum Gasteiger partial charge on any atom is -0.872 e. The van der Waals surface area contributed by atoms with Gasteiger partial charge in [0, 0.05) is 71.2 Å². The van der Waals surface area contributed by atoms with Crippen molar-refractivity contribution in [1.82, 2.24) is 19.9 Å². The van der Waals surface area contributed by atoms with Crippen LogP contribution in [0.3, 0.4) is 0 Å². The second-order valence-electron chi connectivity index (χ2n) is 22.5. The van der Waals surface area contributed by atoms with E-state index < -0.39 is 44.7 Å². The van der Waals surface area contributed by atoms with Gasteiger partial charge in [0.2, 0.25) is 0 Å². The number of pyridine rings is 4. The summed E-state index contributed by atoms with van der Waals surface area (Å²) in [5.41, 5.74) is 3.80. The van der Waals surface area contributed by atoms with Gasteiger partial charge in [-0.15, -0.1) is 0 Å². The van der Waals surface area contributed by atoms with Crippen molar-refractivity contribution in [2.24, 2.45) is 21.7 Å². The fourth-order valence-corrected chi connectivity index (χ4v) is 5.80. The zero-order valence-corrected chi connectivity index (χ0v) is 52.5. The molecule has 4 heterocycles. The van der Waals surface area contributed by atoms with Crippen LogP contribution in [0, 0.1) is 21.7 Å². The van der Waals surface area contributed by atoms with E-state index in [4.69, 9.17) is 0 Å². The Labute approximate surface area is 510 Å². The number of allylic oxidation sites excluding steroid dienone is 4. The third-order valence-corrected chi connectivity index (χ3v) is 11.5. The summed E-state index contributed by atoms with van der Waals surface area (Å²) in [7, 11) is 0. The summed E-state index contributed by atoms with van der Waals surface area (Å²) in [5.74, 6) is -2.92. The van der Waals surface area contributed by atoms with Crippen molar-refractivity contribution in [2.45, 2.75) is 136 Å². The molecule has 2 radical (unpaired) electrons. The van der Waals surface area contributed by atoms with Gasteiger partial charge in [0.1, 0.15) is 0 Å². The molecule has 0 spiro atoms. The Kier molecular flexibility index (Phi) is 36.2. The van der Waals surface area contributed by atoms with Crippen LogP contribution in [-0.4, -0.2) is 43.1 Å². The number of aromatic nitrogens is 4. The second-order valence-corrected chi connectivity index (χ2v) is 22.5. The summed E-state index contributed by atoms with van der Waals surface area (Å²) in [6, 6.07) is 28.3. The van der Waals surface area contributed by atoms with E-state index in [9.17, 15) is 39.6 Å². The molecule has 0 aliphatic rings. The van der Waals surface area contributed by atoms with E-state index >= 15 is 0 Å². The molecule has 4 aromatic heterocycles. The van der Waals surface area contributed by atoms with Crippen LogP contribution in [0.15, 0.2) is 171 Å². The number of hydrogen-bond donors (Lipinski definition) is 0. The summed E-state index contributed by atoms with van der Waals surface area (Å²) in [4.78, 5) is 63.3. The van der Waals surface area contributed by atoms with Crippen LogP contribution in [0.5, 0.6) is 0 Å². The summed E-state index contributed by atoms with van der Waals surface area (Å²) >= 11 is 0. The first-order valence-corrected chi connectivity index (χ1v) is 26.9. The number of carbonyl (C=O) groups excluding carboxylic acids is 4. The van der Waals surface area contributed by atoms with Crippen molar-refractivity contribution in [1.29, 1.82) is 0 Å². The number of aryl methyl sites for hydroxylation is 4.